The summed E-state index contributed by atoms with van der Waals surface area (Å²) in [6.07, 6.45) is 1.73. The van der Waals surface area contributed by atoms with Gasteiger partial charge in [0.05, 0.1) is 12.8 Å². The molecule has 0 radical (unpaired) electrons. The van der Waals surface area contributed by atoms with E-state index in [0.29, 0.717) is 13.2 Å². The summed E-state index contributed by atoms with van der Waals surface area (Å²) in [4.78, 5) is 0. The van der Waals surface area contributed by atoms with E-state index in [4.69, 9.17) is 9.47 Å². The van der Waals surface area contributed by atoms with E-state index in [1.165, 1.54) is 0 Å². The number of fused-ring (bicyclic) bond motifs is 1. The Hall–Kier alpha value is -1.03. The van der Waals surface area contributed by atoms with E-state index in [0.717, 1.165) is 5.88 Å². The number of hydrogen-bond acceptors (Lipinski definition) is 3. The molecule has 2 rings (SSSR count). The first kappa shape index (κ1) is 6.67. The molecule has 0 fully saturated rings. The fourth-order valence-electron chi connectivity index (χ4n) is 1.25. The smallest absolute Gasteiger partial charge is 0.212 e. The Balaban J connectivity index is 2.18. The molecule has 11 heavy (non-hydrogen) atoms. The monoisotopic (exact) mass is 154 g/mol. The lowest BCUT2D eigenvalue weighted by atomic mass is 10.4. The maximum Gasteiger partial charge on any atom is 0.212 e. The van der Waals surface area contributed by atoms with Gasteiger partial charge in [0.2, 0.25) is 5.88 Å². The standard InChI is InChI=1S/C7H10N2O2/c1-10-4-6-5-11-7-2-3-8-9(6)7/h2-3,6H,4-5H2,1H3. The van der Waals surface area contributed by atoms with Gasteiger partial charge in [0.25, 0.3) is 0 Å². The highest BCUT2D eigenvalue weighted by Gasteiger charge is 2.23. The van der Waals surface area contributed by atoms with Gasteiger partial charge in [-0.2, -0.15) is 5.10 Å². The van der Waals surface area contributed by atoms with Crippen LogP contribution in [0.2, 0.25) is 0 Å². The van der Waals surface area contributed by atoms with Crippen LogP contribution >= 0.6 is 0 Å². The molecule has 0 amide bonds. The third kappa shape index (κ3) is 0.991. The molecule has 0 spiro atoms. The van der Waals surface area contributed by atoms with Gasteiger partial charge in [-0.15, -0.1) is 0 Å². The van der Waals surface area contributed by atoms with Gasteiger partial charge >= 0.3 is 0 Å². The minimum Gasteiger partial charge on any atom is -0.475 e. The van der Waals surface area contributed by atoms with Crippen molar-refractivity contribution in [1.29, 1.82) is 0 Å². The average molecular weight is 154 g/mol. The molecule has 0 N–H and O–H groups in total. The normalized spacial score (nSPS) is 21.4. The van der Waals surface area contributed by atoms with Gasteiger partial charge in [-0.1, -0.05) is 0 Å². The summed E-state index contributed by atoms with van der Waals surface area (Å²) in [6.45, 7) is 1.34. The summed E-state index contributed by atoms with van der Waals surface area (Å²) in [6, 6.07) is 2.11. The Morgan fingerprint density at radius 3 is 3.64 bits per heavy atom. The molecule has 1 unspecified atom stereocenters. The van der Waals surface area contributed by atoms with E-state index in [-0.39, 0.29) is 6.04 Å². The van der Waals surface area contributed by atoms with E-state index in [9.17, 15) is 0 Å². The van der Waals surface area contributed by atoms with E-state index in [1.807, 2.05) is 10.7 Å². The summed E-state index contributed by atoms with van der Waals surface area (Å²) in [5.74, 6) is 0.840. The number of nitrogens with zero attached hydrogens (tertiary/aromatic N) is 2. The Morgan fingerprint density at radius 1 is 1.91 bits per heavy atom. The molecule has 1 aromatic rings. The van der Waals surface area contributed by atoms with Crippen LogP contribution in [0.5, 0.6) is 5.88 Å². The Morgan fingerprint density at radius 2 is 2.82 bits per heavy atom. The molecule has 4 heteroatoms. The topological polar surface area (TPSA) is 36.3 Å². The predicted molar refractivity (Wildman–Crippen MR) is 38.6 cm³/mol. The second kappa shape index (κ2) is 2.54. The summed E-state index contributed by atoms with van der Waals surface area (Å²) >= 11 is 0. The Labute approximate surface area is 64.7 Å². The van der Waals surface area contributed by atoms with Crippen molar-refractivity contribution >= 4 is 0 Å². The Bertz CT molecular complexity index is 246. The van der Waals surface area contributed by atoms with E-state index < -0.39 is 0 Å². The van der Waals surface area contributed by atoms with Crippen LogP contribution in [0.1, 0.15) is 6.04 Å². The number of rotatable bonds is 2. The van der Waals surface area contributed by atoms with Gasteiger partial charge in [-0.3, -0.25) is 0 Å². The highest BCUT2D eigenvalue weighted by molar-refractivity contribution is 5.12. The third-order valence-corrected chi connectivity index (χ3v) is 1.76. The van der Waals surface area contributed by atoms with Crippen molar-refractivity contribution in [2.75, 3.05) is 20.3 Å². The fraction of sp³-hybridized carbons (Fsp3) is 0.571. The lowest BCUT2D eigenvalue weighted by molar-refractivity contribution is 0.145. The third-order valence-electron chi connectivity index (χ3n) is 1.76. The first-order valence-corrected chi connectivity index (χ1v) is 3.57. The zero-order valence-corrected chi connectivity index (χ0v) is 6.36. The molecule has 0 saturated heterocycles. The maximum atomic E-state index is 5.32. The molecule has 60 valence electrons. The molecule has 0 aromatic carbocycles. The zero-order valence-electron chi connectivity index (χ0n) is 6.36. The van der Waals surface area contributed by atoms with Crippen LogP contribution in [0.3, 0.4) is 0 Å². The fourth-order valence-corrected chi connectivity index (χ4v) is 1.25. The number of ether oxygens (including phenoxy) is 2. The van der Waals surface area contributed by atoms with Crippen LogP contribution in [-0.2, 0) is 4.74 Å². The van der Waals surface area contributed by atoms with Crippen LogP contribution < -0.4 is 4.74 Å². The first-order chi connectivity index (χ1) is 5.42. The molecule has 1 aromatic heterocycles. The molecular formula is C7H10N2O2. The molecule has 0 bridgehead atoms. The first-order valence-electron chi connectivity index (χ1n) is 3.57. The minimum absolute atomic E-state index is 0.255. The van der Waals surface area contributed by atoms with Crippen molar-refractivity contribution in [3.05, 3.63) is 12.3 Å². The van der Waals surface area contributed by atoms with Crippen LogP contribution in [0, 0.1) is 0 Å². The summed E-state index contributed by atoms with van der Waals surface area (Å²) in [5, 5.41) is 4.11. The molecule has 1 aliphatic rings. The van der Waals surface area contributed by atoms with Crippen molar-refractivity contribution in [1.82, 2.24) is 9.78 Å². The molecular weight excluding hydrogens is 144 g/mol. The second-order valence-corrected chi connectivity index (χ2v) is 2.53. The molecule has 2 heterocycles. The van der Waals surface area contributed by atoms with Gasteiger partial charge in [-0.25, -0.2) is 4.68 Å². The number of methoxy groups -OCH3 is 1. The van der Waals surface area contributed by atoms with Crippen molar-refractivity contribution in [2.24, 2.45) is 0 Å². The largest absolute Gasteiger partial charge is 0.475 e. The van der Waals surface area contributed by atoms with Crippen LogP contribution in [0.25, 0.3) is 0 Å². The minimum atomic E-state index is 0.255. The molecule has 1 atom stereocenters. The van der Waals surface area contributed by atoms with E-state index in [1.54, 1.807) is 13.3 Å². The number of hydrogen-bond donors (Lipinski definition) is 0. The molecule has 0 saturated carbocycles. The highest BCUT2D eigenvalue weighted by Crippen LogP contribution is 2.23. The van der Waals surface area contributed by atoms with Crippen molar-refractivity contribution in [2.45, 2.75) is 6.04 Å². The second-order valence-electron chi connectivity index (χ2n) is 2.53. The van der Waals surface area contributed by atoms with Gasteiger partial charge in [0, 0.05) is 13.2 Å². The summed E-state index contributed by atoms with van der Waals surface area (Å²) < 4.78 is 12.2. The summed E-state index contributed by atoms with van der Waals surface area (Å²) in [5.41, 5.74) is 0. The zero-order chi connectivity index (χ0) is 7.68. The van der Waals surface area contributed by atoms with Crippen molar-refractivity contribution in [3.8, 4) is 5.88 Å². The van der Waals surface area contributed by atoms with Gasteiger partial charge in [-0.05, 0) is 0 Å². The SMILES string of the molecule is COCC1COc2ccnn21. The van der Waals surface area contributed by atoms with Gasteiger partial charge < -0.3 is 9.47 Å². The van der Waals surface area contributed by atoms with Crippen molar-refractivity contribution in [3.63, 3.8) is 0 Å². The van der Waals surface area contributed by atoms with E-state index in [2.05, 4.69) is 5.10 Å². The van der Waals surface area contributed by atoms with Gasteiger partial charge in [0.1, 0.15) is 12.6 Å². The lowest BCUT2D eigenvalue weighted by Crippen LogP contribution is -2.14. The van der Waals surface area contributed by atoms with E-state index >= 15 is 0 Å². The van der Waals surface area contributed by atoms with Crippen molar-refractivity contribution < 1.29 is 9.47 Å². The molecule has 1 aliphatic heterocycles. The molecule has 4 nitrogen and oxygen atoms in total. The quantitative estimate of drug-likeness (QED) is 0.621. The predicted octanol–water partition coefficient (Wildman–Crippen LogP) is 0.463. The molecule has 0 aliphatic carbocycles. The van der Waals surface area contributed by atoms with Gasteiger partial charge in [0.15, 0.2) is 0 Å². The number of aromatic nitrogens is 2. The maximum absolute atomic E-state index is 5.32. The van der Waals surface area contributed by atoms with Crippen LogP contribution in [0.15, 0.2) is 12.3 Å². The van der Waals surface area contributed by atoms with Crippen LogP contribution in [-0.4, -0.2) is 30.1 Å². The lowest BCUT2D eigenvalue weighted by Gasteiger charge is -2.05. The summed E-state index contributed by atoms with van der Waals surface area (Å²) in [7, 11) is 1.68. The average Bonchev–Trinajstić information content (AvgIpc) is 2.53. The van der Waals surface area contributed by atoms with Crippen LogP contribution in [0.4, 0.5) is 0 Å². The Kier molecular flexibility index (Phi) is 1.54. The highest BCUT2D eigenvalue weighted by atomic mass is 16.5.